The fourth-order valence-corrected chi connectivity index (χ4v) is 2.90. The third kappa shape index (κ3) is 2.70. The van der Waals surface area contributed by atoms with Gasteiger partial charge in [0, 0.05) is 16.7 Å². The van der Waals surface area contributed by atoms with E-state index in [0.29, 0.717) is 29.6 Å². The minimum Gasteiger partial charge on any atom is -0.505 e. The average molecular weight is 359 g/mol. The van der Waals surface area contributed by atoms with Gasteiger partial charge in [-0.25, -0.2) is 0 Å². The molecule has 3 rings (SSSR count). The molecule has 22 heavy (non-hydrogen) atoms. The fraction of sp³-hybridized carbons (Fsp3) is 0.133. The lowest BCUT2D eigenvalue weighted by Gasteiger charge is -2.29. The number of aromatic hydroxyl groups is 1. The number of carbonyl (C=O) groups is 1. The van der Waals surface area contributed by atoms with Gasteiger partial charge in [0.2, 0.25) is 0 Å². The van der Waals surface area contributed by atoms with Crippen molar-refractivity contribution in [1.29, 1.82) is 0 Å². The van der Waals surface area contributed by atoms with Gasteiger partial charge in [-0.3, -0.25) is 4.79 Å². The minimum atomic E-state index is -0.282. The molecule has 1 heterocycles. The monoisotopic (exact) mass is 357 g/mol. The van der Waals surface area contributed by atoms with Crippen molar-refractivity contribution >= 4 is 46.4 Å². The van der Waals surface area contributed by atoms with E-state index in [1.165, 1.54) is 12.1 Å². The highest BCUT2D eigenvalue weighted by molar-refractivity contribution is 6.37. The van der Waals surface area contributed by atoms with E-state index in [1.54, 1.807) is 23.1 Å². The summed E-state index contributed by atoms with van der Waals surface area (Å²) in [5.74, 6) is 0.0211. The van der Waals surface area contributed by atoms with E-state index >= 15 is 0 Å². The number of carbonyl (C=O) groups excluding carboxylic acids is 1. The SMILES string of the molecule is O=C(c1cc(Cl)c(O)c(Cl)c1)N1CCOc2cc(Cl)ccc21. The van der Waals surface area contributed by atoms with Crippen LogP contribution in [0.4, 0.5) is 5.69 Å². The molecule has 0 spiro atoms. The van der Waals surface area contributed by atoms with Crippen LogP contribution in [0.5, 0.6) is 11.5 Å². The molecule has 0 aliphatic carbocycles. The summed E-state index contributed by atoms with van der Waals surface area (Å²) in [6, 6.07) is 7.84. The second-order valence-corrected chi connectivity index (χ2v) is 5.96. The predicted octanol–water partition coefficient (Wildman–Crippen LogP) is 4.39. The molecule has 0 bridgehead atoms. The number of phenols is 1. The number of ether oxygens (including phenoxy) is 1. The standard InChI is InChI=1S/C15H10Cl3NO3/c16-9-1-2-12-13(7-9)22-4-3-19(12)15(21)8-5-10(17)14(20)11(18)6-8/h1-2,5-7,20H,3-4H2. The molecule has 0 saturated carbocycles. The average Bonchev–Trinajstić information content (AvgIpc) is 2.50. The van der Waals surface area contributed by atoms with Gasteiger partial charge >= 0.3 is 0 Å². The molecule has 1 aliphatic heterocycles. The molecule has 1 amide bonds. The fourth-order valence-electron chi connectivity index (χ4n) is 2.25. The van der Waals surface area contributed by atoms with Gasteiger partial charge in [-0.15, -0.1) is 0 Å². The van der Waals surface area contributed by atoms with Gasteiger partial charge in [0.1, 0.15) is 12.4 Å². The Bertz CT molecular complexity index is 741. The van der Waals surface area contributed by atoms with Crippen LogP contribution in [0, 0.1) is 0 Å². The van der Waals surface area contributed by atoms with E-state index in [1.807, 2.05) is 0 Å². The molecular formula is C15H10Cl3NO3. The largest absolute Gasteiger partial charge is 0.505 e. The Morgan fingerprint density at radius 1 is 1.14 bits per heavy atom. The number of amides is 1. The first-order valence-corrected chi connectivity index (χ1v) is 7.53. The number of fused-ring (bicyclic) bond motifs is 1. The van der Waals surface area contributed by atoms with Crippen molar-refractivity contribution in [3.63, 3.8) is 0 Å². The van der Waals surface area contributed by atoms with E-state index in [4.69, 9.17) is 39.5 Å². The van der Waals surface area contributed by atoms with E-state index in [-0.39, 0.29) is 27.3 Å². The van der Waals surface area contributed by atoms with Gasteiger partial charge in [-0.05, 0) is 24.3 Å². The first kappa shape index (κ1) is 15.3. The lowest BCUT2D eigenvalue weighted by molar-refractivity contribution is 0.0976. The summed E-state index contributed by atoms with van der Waals surface area (Å²) in [6.45, 7) is 0.752. The molecule has 1 N–H and O–H groups in total. The van der Waals surface area contributed by atoms with E-state index < -0.39 is 0 Å². The maximum atomic E-state index is 12.7. The Labute approximate surface area is 141 Å². The lowest BCUT2D eigenvalue weighted by Crippen LogP contribution is -2.37. The predicted molar refractivity (Wildman–Crippen MR) is 86.8 cm³/mol. The molecule has 0 fully saturated rings. The highest BCUT2D eigenvalue weighted by Crippen LogP contribution is 2.37. The maximum absolute atomic E-state index is 12.7. The number of phenolic OH excluding ortho intramolecular Hbond substituents is 1. The van der Waals surface area contributed by atoms with Gasteiger partial charge in [-0.2, -0.15) is 0 Å². The number of anilines is 1. The third-order valence-corrected chi connectivity index (χ3v) is 4.11. The van der Waals surface area contributed by atoms with Crippen LogP contribution < -0.4 is 9.64 Å². The number of rotatable bonds is 1. The first-order chi connectivity index (χ1) is 10.5. The number of benzene rings is 2. The molecule has 4 nitrogen and oxygen atoms in total. The van der Waals surface area contributed by atoms with Gasteiger partial charge < -0.3 is 14.7 Å². The van der Waals surface area contributed by atoms with Crippen LogP contribution in [-0.4, -0.2) is 24.2 Å². The first-order valence-electron chi connectivity index (χ1n) is 6.39. The van der Waals surface area contributed by atoms with Crippen LogP contribution >= 0.6 is 34.8 Å². The Hall–Kier alpha value is -1.62. The summed E-state index contributed by atoms with van der Waals surface area (Å²) in [5, 5.41) is 10.2. The Morgan fingerprint density at radius 3 is 2.50 bits per heavy atom. The number of nitrogens with zero attached hydrogens (tertiary/aromatic N) is 1. The topological polar surface area (TPSA) is 49.8 Å². The Kier molecular flexibility index (Phi) is 4.08. The summed E-state index contributed by atoms with van der Waals surface area (Å²) in [6.07, 6.45) is 0. The van der Waals surface area contributed by atoms with Crippen LogP contribution in [0.1, 0.15) is 10.4 Å². The third-order valence-electron chi connectivity index (χ3n) is 3.29. The van der Waals surface area contributed by atoms with Crippen molar-refractivity contribution in [3.05, 3.63) is 51.0 Å². The second kappa shape index (κ2) is 5.88. The van der Waals surface area contributed by atoms with E-state index in [2.05, 4.69) is 0 Å². The smallest absolute Gasteiger partial charge is 0.258 e. The van der Waals surface area contributed by atoms with Crippen molar-refractivity contribution in [1.82, 2.24) is 0 Å². The van der Waals surface area contributed by atoms with Crippen LogP contribution in [0.15, 0.2) is 30.3 Å². The van der Waals surface area contributed by atoms with Crippen LogP contribution in [0.2, 0.25) is 15.1 Å². The highest BCUT2D eigenvalue weighted by atomic mass is 35.5. The molecule has 0 saturated heterocycles. The molecule has 2 aromatic rings. The van der Waals surface area contributed by atoms with Gasteiger partial charge in [0.15, 0.2) is 5.75 Å². The Morgan fingerprint density at radius 2 is 1.82 bits per heavy atom. The number of hydrogen-bond donors (Lipinski definition) is 1. The summed E-state index contributed by atoms with van der Waals surface area (Å²) >= 11 is 17.7. The molecule has 7 heteroatoms. The van der Waals surface area contributed by atoms with E-state index in [0.717, 1.165) is 0 Å². The second-order valence-electron chi connectivity index (χ2n) is 4.71. The molecular weight excluding hydrogens is 349 g/mol. The van der Waals surface area contributed by atoms with Crippen LogP contribution in [0.25, 0.3) is 0 Å². The molecule has 1 aliphatic rings. The Balaban J connectivity index is 2.01. The molecule has 2 aromatic carbocycles. The summed E-state index contributed by atoms with van der Waals surface area (Å²) in [5.41, 5.74) is 0.913. The van der Waals surface area contributed by atoms with Gasteiger partial charge in [0.25, 0.3) is 5.91 Å². The number of hydrogen-bond acceptors (Lipinski definition) is 3. The molecule has 0 radical (unpaired) electrons. The van der Waals surface area contributed by atoms with Gasteiger partial charge in [0.05, 0.1) is 22.3 Å². The number of halogens is 3. The van der Waals surface area contributed by atoms with Crippen molar-refractivity contribution in [2.45, 2.75) is 0 Å². The zero-order chi connectivity index (χ0) is 15.9. The van der Waals surface area contributed by atoms with Crippen LogP contribution in [0.3, 0.4) is 0 Å². The zero-order valence-electron chi connectivity index (χ0n) is 11.1. The van der Waals surface area contributed by atoms with Crippen LogP contribution in [-0.2, 0) is 0 Å². The molecule has 114 valence electrons. The quantitative estimate of drug-likeness (QED) is 0.822. The van der Waals surface area contributed by atoms with Crippen molar-refractivity contribution in [2.24, 2.45) is 0 Å². The van der Waals surface area contributed by atoms with Gasteiger partial charge in [-0.1, -0.05) is 34.8 Å². The zero-order valence-corrected chi connectivity index (χ0v) is 13.4. The van der Waals surface area contributed by atoms with Crippen molar-refractivity contribution < 1.29 is 14.6 Å². The molecule has 0 unspecified atom stereocenters. The normalized spacial score (nSPS) is 13.5. The van der Waals surface area contributed by atoms with E-state index in [9.17, 15) is 9.90 Å². The minimum absolute atomic E-state index is 0.0282. The van der Waals surface area contributed by atoms with Crippen molar-refractivity contribution in [3.8, 4) is 11.5 Å². The maximum Gasteiger partial charge on any atom is 0.258 e. The molecule has 0 atom stereocenters. The summed E-state index contributed by atoms with van der Waals surface area (Å²) < 4.78 is 5.52. The highest BCUT2D eigenvalue weighted by Gasteiger charge is 2.26. The lowest BCUT2D eigenvalue weighted by atomic mass is 10.1. The summed E-state index contributed by atoms with van der Waals surface area (Å²) in [7, 11) is 0. The molecule has 0 aromatic heterocycles. The van der Waals surface area contributed by atoms with Crippen molar-refractivity contribution in [2.75, 3.05) is 18.1 Å². The summed E-state index contributed by atoms with van der Waals surface area (Å²) in [4.78, 5) is 14.3.